The summed E-state index contributed by atoms with van der Waals surface area (Å²) in [6, 6.07) is -0.229. The van der Waals surface area contributed by atoms with E-state index in [2.05, 4.69) is 0 Å². The van der Waals surface area contributed by atoms with Crippen molar-refractivity contribution < 1.29 is 13.5 Å². The Labute approximate surface area is 83.5 Å². The number of rotatable bonds is 4. The highest BCUT2D eigenvalue weighted by atomic mass is 35.5. The van der Waals surface area contributed by atoms with Crippen LogP contribution in [0.15, 0.2) is 0 Å². The SMILES string of the molecule is O=S(=O)(CCCl)N1CCC[C@@H]1CO. The van der Waals surface area contributed by atoms with Crippen molar-refractivity contribution in [1.82, 2.24) is 4.31 Å². The standard InChI is InChI=1S/C7H14ClNO3S/c8-3-5-13(11,12)9-4-1-2-7(9)6-10/h7,10H,1-6H2/t7-/m1/s1. The first-order valence-electron chi connectivity index (χ1n) is 4.28. The molecule has 0 aromatic carbocycles. The summed E-state index contributed by atoms with van der Waals surface area (Å²) in [4.78, 5) is 0. The maximum atomic E-state index is 11.5. The van der Waals surface area contributed by atoms with Crippen LogP contribution in [0.5, 0.6) is 0 Å². The van der Waals surface area contributed by atoms with E-state index in [0.29, 0.717) is 6.54 Å². The molecule has 0 radical (unpaired) electrons. The quantitative estimate of drug-likeness (QED) is 0.689. The zero-order valence-electron chi connectivity index (χ0n) is 7.32. The molecule has 1 aliphatic heterocycles. The Morgan fingerprint density at radius 2 is 2.23 bits per heavy atom. The van der Waals surface area contributed by atoms with E-state index in [1.54, 1.807) is 0 Å². The zero-order valence-corrected chi connectivity index (χ0v) is 8.89. The predicted molar refractivity (Wildman–Crippen MR) is 51.3 cm³/mol. The van der Waals surface area contributed by atoms with Gasteiger partial charge < -0.3 is 5.11 Å². The molecule has 0 bridgehead atoms. The van der Waals surface area contributed by atoms with Crippen molar-refractivity contribution >= 4 is 21.6 Å². The van der Waals surface area contributed by atoms with Crippen LogP contribution in [-0.2, 0) is 10.0 Å². The maximum Gasteiger partial charge on any atom is 0.215 e. The van der Waals surface area contributed by atoms with Crippen molar-refractivity contribution in [2.45, 2.75) is 18.9 Å². The highest BCUT2D eigenvalue weighted by Gasteiger charge is 2.32. The van der Waals surface area contributed by atoms with Gasteiger partial charge in [0, 0.05) is 18.5 Å². The number of aliphatic hydroxyl groups is 1. The molecule has 1 atom stereocenters. The van der Waals surface area contributed by atoms with Gasteiger partial charge in [0.15, 0.2) is 0 Å². The van der Waals surface area contributed by atoms with E-state index >= 15 is 0 Å². The van der Waals surface area contributed by atoms with E-state index in [0.717, 1.165) is 12.8 Å². The molecule has 1 rings (SSSR count). The van der Waals surface area contributed by atoms with Gasteiger partial charge in [0.25, 0.3) is 0 Å². The van der Waals surface area contributed by atoms with E-state index in [1.165, 1.54) is 4.31 Å². The minimum absolute atomic E-state index is 0.0367. The van der Waals surface area contributed by atoms with Gasteiger partial charge in [0.2, 0.25) is 10.0 Å². The van der Waals surface area contributed by atoms with Crippen LogP contribution in [0.1, 0.15) is 12.8 Å². The number of aliphatic hydroxyl groups excluding tert-OH is 1. The number of hydrogen-bond donors (Lipinski definition) is 1. The number of alkyl halides is 1. The highest BCUT2D eigenvalue weighted by Crippen LogP contribution is 2.20. The zero-order chi connectivity index (χ0) is 9.90. The van der Waals surface area contributed by atoms with E-state index in [-0.39, 0.29) is 24.3 Å². The Balaban J connectivity index is 2.69. The van der Waals surface area contributed by atoms with Crippen LogP contribution < -0.4 is 0 Å². The third-order valence-electron chi connectivity index (χ3n) is 2.23. The summed E-state index contributed by atoms with van der Waals surface area (Å²) in [7, 11) is -3.23. The second-order valence-corrected chi connectivity index (χ2v) is 5.51. The predicted octanol–water partition coefficient (Wildman–Crippen LogP) is 0.0117. The molecule has 4 nitrogen and oxygen atoms in total. The Hall–Kier alpha value is 0.160. The van der Waals surface area contributed by atoms with Crippen LogP contribution >= 0.6 is 11.6 Å². The van der Waals surface area contributed by atoms with Gasteiger partial charge in [0.1, 0.15) is 0 Å². The molecule has 1 aliphatic rings. The van der Waals surface area contributed by atoms with E-state index in [9.17, 15) is 8.42 Å². The van der Waals surface area contributed by atoms with Gasteiger partial charge in [-0.1, -0.05) is 0 Å². The van der Waals surface area contributed by atoms with Gasteiger partial charge in [-0.3, -0.25) is 0 Å². The summed E-state index contributed by atoms with van der Waals surface area (Å²) in [5.74, 6) is 0.0715. The second kappa shape index (κ2) is 4.59. The summed E-state index contributed by atoms with van der Waals surface area (Å²) in [5.41, 5.74) is 0. The minimum atomic E-state index is -3.23. The largest absolute Gasteiger partial charge is 0.395 e. The molecular formula is C7H14ClNO3S. The first-order chi connectivity index (χ1) is 6.11. The van der Waals surface area contributed by atoms with Gasteiger partial charge in [-0.25, -0.2) is 8.42 Å². The number of sulfonamides is 1. The second-order valence-electron chi connectivity index (χ2n) is 3.09. The molecule has 0 saturated carbocycles. The van der Waals surface area contributed by atoms with Gasteiger partial charge in [-0.15, -0.1) is 11.6 Å². The molecule has 1 N–H and O–H groups in total. The molecule has 0 amide bonds. The molecule has 0 unspecified atom stereocenters. The first-order valence-corrected chi connectivity index (χ1v) is 6.42. The molecule has 1 fully saturated rings. The van der Waals surface area contributed by atoms with Crippen molar-refractivity contribution in [3.63, 3.8) is 0 Å². The van der Waals surface area contributed by atoms with Crippen LogP contribution in [0, 0.1) is 0 Å². The van der Waals surface area contributed by atoms with Gasteiger partial charge in [-0.05, 0) is 12.8 Å². The lowest BCUT2D eigenvalue weighted by Gasteiger charge is -2.21. The molecule has 13 heavy (non-hydrogen) atoms. The van der Waals surface area contributed by atoms with E-state index in [4.69, 9.17) is 16.7 Å². The first kappa shape index (κ1) is 11.2. The maximum absolute atomic E-state index is 11.5. The third-order valence-corrected chi connectivity index (χ3v) is 4.55. The fourth-order valence-corrected chi connectivity index (χ4v) is 3.62. The fraction of sp³-hybridized carbons (Fsp3) is 1.00. The van der Waals surface area contributed by atoms with Gasteiger partial charge >= 0.3 is 0 Å². The Morgan fingerprint density at radius 3 is 2.77 bits per heavy atom. The van der Waals surface area contributed by atoms with Crippen molar-refractivity contribution in [3.05, 3.63) is 0 Å². The molecular weight excluding hydrogens is 214 g/mol. The van der Waals surface area contributed by atoms with Gasteiger partial charge in [0.05, 0.1) is 12.4 Å². The average Bonchev–Trinajstić information content (AvgIpc) is 2.51. The summed E-state index contributed by atoms with van der Waals surface area (Å²) >= 11 is 5.39. The van der Waals surface area contributed by atoms with Crippen molar-refractivity contribution in [3.8, 4) is 0 Å². The normalized spacial score (nSPS) is 25.2. The molecule has 1 saturated heterocycles. The lowest BCUT2D eigenvalue weighted by molar-refractivity contribution is 0.213. The third kappa shape index (κ3) is 2.56. The summed E-state index contributed by atoms with van der Waals surface area (Å²) in [5, 5.41) is 8.93. The smallest absolute Gasteiger partial charge is 0.215 e. The monoisotopic (exact) mass is 227 g/mol. The van der Waals surface area contributed by atoms with E-state index < -0.39 is 10.0 Å². The number of hydrogen-bond acceptors (Lipinski definition) is 3. The van der Waals surface area contributed by atoms with Crippen LogP contribution in [0.3, 0.4) is 0 Å². The summed E-state index contributed by atoms with van der Waals surface area (Å²) in [6.45, 7) is 0.423. The molecule has 0 aromatic heterocycles. The van der Waals surface area contributed by atoms with Crippen molar-refractivity contribution in [1.29, 1.82) is 0 Å². The lowest BCUT2D eigenvalue weighted by Crippen LogP contribution is -2.39. The molecule has 0 aromatic rings. The Morgan fingerprint density at radius 1 is 1.54 bits per heavy atom. The molecule has 6 heteroatoms. The summed E-state index contributed by atoms with van der Waals surface area (Å²) in [6.07, 6.45) is 1.57. The van der Waals surface area contributed by atoms with Crippen LogP contribution in [0.2, 0.25) is 0 Å². The van der Waals surface area contributed by atoms with Crippen LogP contribution in [0.25, 0.3) is 0 Å². The fourth-order valence-electron chi connectivity index (χ4n) is 1.57. The topological polar surface area (TPSA) is 57.6 Å². The highest BCUT2D eigenvalue weighted by molar-refractivity contribution is 7.89. The minimum Gasteiger partial charge on any atom is -0.395 e. The Bertz CT molecular complexity index is 254. The molecule has 1 heterocycles. The Kier molecular flexibility index (Phi) is 3.97. The summed E-state index contributed by atoms with van der Waals surface area (Å²) < 4.78 is 24.4. The molecule has 0 aliphatic carbocycles. The molecule has 0 spiro atoms. The van der Waals surface area contributed by atoms with Crippen molar-refractivity contribution in [2.24, 2.45) is 0 Å². The molecule has 78 valence electrons. The lowest BCUT2D eigenvalue weighted by atomic mass is 10.2. The van der Waals surface area contributed by atoms with Crippen molar-refractivity contribution in [2.75, 3.05) is 24.8 Å². The van der Waals surface area contributed by atoms with Gasteiger partial charge in [-0.2, -0.15) is 4.31 Å². The van der Waals surface area contributed by atoms with Crippen LogP contribution in [-0.4, -0.2) is 48.7 Å². The van der Waals surface area contributed by atoms with E-state index in [1.807, 2.05) is 0 Å². The number of halogens is 1. The number of nitrogens with zero attached hydrogens (tertiary/aromatic N) is 1. The van der Waals surface area contributed by atoms with Crippen LogP contribution in [0.4, 0.5) is 0 Å². The average molecular weight is 228 g/mol.